The largest absolute Gasteiger partial charge is 0.459 e. The standard InChI is InChI=1S/C14H14Cl2O2/c1-13-4-6-14(7-5-13,12(17)18-13)9-2-3-10(15)11(16)8-9/h2-3,8H,4-7H2,1H3. The lowest BCUT2D eigenvalue weighted by Crippen LogP contribution is -2.55. The van der Waals surface area contributed by atoms with Crippen molar-refractivity contribution in [1.29, 1.82) is 0 Å². The highest BCUT2D eigenvalue weighted by Crippen LogP contribution is 2.51. The topological polar surface area (TPSA) is 26.3 Å². The minimum absolute atomic E-state index is 0.110. The number of esters is 1. The smallest absolute Gasteiger partial charge is 0.317 e. The van der Waals surface area contributed by atoms with Crippen LogP contribution >= 0.6 is 23.2 Å². The van der Waals surface area contributed by atoms with Gasteiger partial charge in [0.2, 0.25) is 0 Å². The molecule has 18 heavy (non-hydrogen) atoms. The Hall–Kier alpha value is -0.730. The highest BCUT2D eigenvalue weighted by atomic mass is 35.5. The Bertz CT molecular complexity index is 517. The van der Waals surface area contributed by atoms with Crippen LogP contribution in [-0.4, -0.2) is 11.6 Å². The van der Waals surface area contributed by atoms with E-state index >= 15 is 0 Å². The molecule has 1 saturated carbocycles. The Morgan fingerprint density at radius 3 is 2.33 bits per heavy atom. The minimum Gasteiger partial charge on any atom is -0.459 e. The fourth-order valence-electron chi connectivity index (χ4n) is 3.03. The van der Waals surface area contributed by atoms with Gasteiger partial charge >= 0.3 is 5.97 Å². The number of carbonyl (C=O) groups is 1. The molecule has 2 aliphatic heterocycles. The van der Waals surface area contributed by atoms with Crippen molar-refractivity contribution in [2.24, 2.45) is 0 Å². The first-order valence-electron chi connectivity index (χ1n) is 6.14. The molecule has 2 bridgehead atoms. The van der Waals surface area contributed by atoms with Crippen molar-refractivity contribution >= 4 is 29.2 Å². The molecule has 2 heterocycles. The number of hydrogen-bond acceptors (Lipinski definition) is 2. The number of ether oxygens (including phenoxy) is 1. The van der Waals surface area contributed by atoms with Gasteiger partial charge < -0.3 is 4.74 Å². The molecule has 0 spiro atoms. The number of fused-ring (bicyclic) bond motifs is 3. The van der Waals surface area contributed by atoms with Gasteiger partial charge in [-0.05, 0) is 50.3 Å². The van der Waals surface area contributed by atoms with E-state index in [1.807, 2.05) is 13.0 Å². The molecule has 0 amide bonds. The molecule has 0 radical (unpaired) electrons. The lowest BCUT2D eigenvalue weighted by molar-refractivity contribution is -0.189. The lowest BCUT2D eigenvalue weighted by atomic mass is 9.63. The first-order valence-corrected chi connectivity index (χ1v) is 6.90. The van der Waals surface area contributed by atoms with Crippen molar-refractivity contribution in [3.63, 3.8) is 0 Å². The van der Waals surface area contributed by atoms with Crippen LogP contribution in [0.15, 0.2) is 18.2 Å². The highest BCUT2D eigenvalue weighted by molar-refractivity contribution is 6.42. The molecule has 3 aliphatic rings. The van der Waals surface area contributed by atoms with Crippen molar-refractivity contribution in [3.8, 4) is 0 Å². The summed E-state index contributed by atoms with van der Waals surface area (Å²) in [6.45, 7) is 2.02. The molecule has 2 nitrogen and oxygen atoms in total. The van der Waals surface area contributed by atoms with E-state index in [2.05, 4.69) is 0 Å². The lowest BCUT2D eigenvalue weighted by Gasteiger charge is -2.50. The van der Waals surface area contributed by atoms with Gasteiger partial charge in [-0.3, -0.25) is 4.79 Å². The van der Waals surface area contributed by atoms with Crippen molar-refractivity contribution in [3.05, 3.63) is 33.8 Å². The van der Waals surface area contributed by atoms with Crippen LogP contribution in [0.1, 0.15) is 38.2 Å². The van der Waals surface area contributed by atoms with E-state index in [1.54, 1.807) is 12.1 Å². The van der Waals surface area contributed by atoms with Crippen molar-refractivity contribution in [1.82, 2.24) is 0 Å². The maximum absolute atomic E-state index is 12.3. The number of rotatable bonds is 1. The van der Waals surface area contributed by atoms with Gasteiger partial charge in [-0.1, -0.05) is 29.3 Å². The summed E-state index contributed by atoms with van der Waals surface area (Å²) in [5.41, 5.74) is 0.171. The Labute approximate surface area is 116 Å². The molecule has 0 unspecified atom stereocenters. The van der Waals surface area contributed by atoms with E-state index in [0.717, 1.165) is 31.2 Å². The van der Waals surface area contributed by atoms with Crippen LogP contribution in [0.25, 0.3) is 0 Å². The van der Waals surface area contributed by atoms with Crippen LogP contribution in [-0.2, 0) is 14.9 Å². The summed E-state index contributed by atoms with van der Waals surface area (Å²) in [5.74, 6) is -0.110. The fourth-order valence-corrected chi connectivity index (χ4v) is 3.33. The first kappa shape index (κ1) is 12.3. The second-order valence-corrected chi connectivity index (χ2v) is 6.36. The Morgan fingerprint density at radius 2 is 1.78 bits per heavy atom. The van der Waals surface area contributed by atoms with Gasteiger partial charge in [0.15, 0.2) is 0 Å². The zero-order chi connectivity index (χ0) is 13.0. The molecule has 0 N–H and O–H groups in total. The van der Waals surface area contributed by atoms with E-state index in [4.69, 9.17) is 27.9 Å². The average Bonchev–Trinajstić information content (AvgIpc) is 2.33. The van der Waals surface area contributed by atoms with Crippen LogP contribution in [0.4, 0.5) is 0 Å². The molecular weight excluding hydrogens is 271 g/mol. The fraction of sp³-hybridized carbons (Fsp3) is 0.500. The summed E-state index contributed by atoms with van der Waals surface area (Å²) in [4.78, 5) is 12.3. The number of halogens is 2. The molecule has 96 valence electrons. The highest BCUT2D eigenvalue weighted by Gasteiger charge is 2.55. The predicted molar refractivity (Wildman–Crippen MR) is 71.1 cm³/mol. The van der Waals surface area contributed by atoms with E-state index in [1.165, 1.54) is 0 Å². The summed E-state index contributed by atoms with van der Waals surface area (Å²) < 4.78 is 5.59. The molecule has 0 aromatic heterocycles. The summed E-state index contributed by atoms with van der Waals surface area (Å²) in [7, 11) is 0. The molecule has 4 heteroatoms. The van der Waals surface area contributed by atoms with E-state index < -0.39 is 5.41 Å². The van der Waals surface area contributed by atoms with Gasteiger partial charge in [0, 0.05) is 0 Å². The number of hydrogen-bond donors (Lipinski definition) is 0. The van der Waals surface area contributed by atoms with Crippen molar-refractivity contribution < 1.29 is 9.53 Å². The van der Waals surface area contributed by atoms with E-state index in [-0.39, 0.29) is 11.6 Å². The van der Waals surface area contributed by atoms with Gasteiger partial charge in [0.05, 0.1) is 15.5 Å². The molecule has 0 atom stereocenters. The van der Waals surface area contributed by atoms with E-state index in [9.17, 15) is 4.79 Å². The average molecular weight is 285 g/mol. The first-order chi connectivity index (χ1) is 8.45. The van der Waals surface area contributed by atoms with Gasteiger partial charge in [-0.15, -0.1) is 0 Å². The Kier molecular flexibility index (Phi) is 2.65. The Balaban J connectivity index is 2.05. The third-order valence-corrected chi connectivity index (χ3v) is 5.10. The summed E-state index contributed by atoms with van der Waals surface area (Å²) in [6.07, 6.45) is 3.50. The Morgan fingerprint density at radius 1 is 1.11 bits per heavy atom. The minimum atomic E-state index is -0.508. The zero-order valence-corrected chi connectivity index (χ0v) is 11.6. The molecular formula is C14H14Cl2O2. The van der Waals surface area contributed by atoms with Gasteiger partial charge in [0.1, 0.15) is 5.60 Å². The second-order valence-electron chi connectivity index (χ2n) is 5.55. The van der Waals surface area contributed by atoms with Crippen molar-refractivity contribution in [2.45, 2.75) is 43.6 Å². The molecule has 3 fully saturated rings. The molecule has 1 aliphatic carbocycles. The normalized spacial score (nSPS) is 34.5. The summed E-state index contributed by atoms with van der Waals surface area (Å²) in [5, 5.41) is 1.01. The van der Waals surface area contributed by atoms with Crippen LogP contribution in [0.3, 0.4) is 0 Å². The molecule has 1 aromatic rings. The van der Waals surface area contributed by atoms with Gasteiger partial charge in [0.25, 0.3) is 0 Å². The molecule has 1 aromatic carbocycles. The van der Waals surface area contributed by atoms with Crippen LogP contribution < -0.4 is 0 Å². The van der Waals surface area contributed by atoms with Crippen molar-refractivity contribution in [2.75, 3.05) is 0 Å². The second kappa shape index (κ2) is 3.88. The quantitative estimate of drug-likeness (QED) is 0.725. The van der Waals surface area contributed by atoms with E-state index in [0.29, 0.717) is 10.0 Å². The number of benzene rings is 1. The monoisotopic (exact) mass is 284 g/mol. The maximum atomic E-state index is 12.3. The van der Waals surface area contributed by atoms with Gasteiger partial charge in [-0.2, -0.15) is 0 Å². The summed E-state index contributed by atoms with van der Waals surface area (Å²) in [6, 6.07) is 5.45. The van der Waals surface area contributed by atoms with Crippen LogP contribution in [0, 0.1) is 0 Å². The predicted octanol–water partition coefficient (Wildman–Crippen LogP) is 4.12. The SMILES string of the molecule is CC12CCC(c3ccc(Cl)c(Cl)c3)(CC1)C(=O)O2. The third kappa shape index (κ3) is 1.66. The van der Waals surface area contributed by atoms with Crippen LogP contribution in [0.2, 0.25) is 10.0 Å². The zero-order valence-electron chi connectivity index (χ0n) is 10.1. The third-order valence-electron chi connectivity index (χ3n) is 4.36. The molecule has 4 rings (SSSR count). The maximum Gasteiger partial charge on any atom is 0.317 e. The van der Waals surface area contributed by atoms with Gasteiger partial charge in [-0.25, -0.2) is 0 Å². The summed E-state index contributed by atoms with van der Waals surface area (Å²) >= 11 is 12.0. The van der Waals surface area contributed by atoms with Crippen LogP contribution in [0.5, 0.6) is 0 Å². The number of carbonyl (C=O) groups excluding carboxylic acids is 1. The molecule has 2 saturated heterocycles.